The van der Waals surface area contributed by atoms with Crippen molar-refractivity contribution in [3.8, 4) is 5.75 Å². The Bertz CT molecular complexity index is 461. The second-order valence-electron chi connectivity index (χ2n) is 7.02. The molecule has 2 atom stereocenters. The van der Waals surface area contributed by atoms with E-state index in [9.17, 15) is 10.2 Å². The van der Waals surface area contributed by atoms with E-state index in [1.54, 1.807) is 6.07 Å². The molecule has 1 aliphatic rings. The van der Waals surface area contributed by atoms with Gasteiger partial charge in [-0.2, -0.15) is 0 Å². The maximum atomic E-state index is 10.4. The molecule has 1 aromatic carbocycles. The Kier molecular flexibility index (Phi) is 8.96. The fourth-order valence-corrected chi connectivity index (χ4v) is 3.56. The number of benzene rings is 1. The molecule has 2 unspecified atom stereocenters. The highest BCUT2D eigenvalue weighted by Crippen LogP contribution is 2.27. The normalized spacial score (nSPS) is 18.2. The Balaban J connectivity index is 0.00000264. The van der Waals surface area contributed by atoms with Crippen LogP contribution in [0.2, 0.25) is 0 Å². The molecule has 1 fully saturated rings. The summed E-state index contributed by atoms with van der Waals surface area (Å²) in [6.45, 7) is 5.03. The number of hydrogen-bond acceptors (Lipinski definition) is 2. The molecule has 0 heterocycles. The topological polar surface area (TPSA) is 57.1 Å². The molecule has 1 aliphatic carbocycles. The number of aliphatic hydroxyl groups excluding tert-OH is 1. The molecular weight excluding hydrogens is 310 g/mol. The summed E-state index contributed by atoms with van der Waals surface area (Å²) in [6, 6.07) is 5.52. The SMILES string of the molecule is Cc1cc(C(O)C(C)[NH2+]CCCC2CCCCC2)ccc1O.[Cl-]. The van der Waals surface area contributed by atoms with Gasteiger partial charge in [0, 0.05) is 0 Å². The number of phenols is 1. The largest absolute Gasteiger partial charge is 1.00 e. The van der Waals surface area contributed by atoms with Crippen molar-refractivity contribution in [3.05, 3.63) is 29.3 Å². The predicted octanol–water partition coefficient (Wildman–Crippen LogP) is 0.0504. The summed E-state index contributed by atoms with van der Waals surface area (Å²) in [6.07, 6.45) is 9.23. The summed E-state index contributed by atoms with van der Waals surface area (Å²) in [4.78, 5) is 0. The van der Waals surface area contributed by atoms with Crippen molar-refractivity contribution in [2.24, 2.45) is 5.92 Å². The second kappa shape index (κ2) is 10.2. The number of aryl methyl sites for hydroxylation is 1. The molecular formula is C19H32ClNO2. The van der Waals surface area contributed by atoms with E-state index in [0.29, 0.717) is 5.75 Å². The average molecular weight is 342 g/mol. The van der Waals surface area contributed by atoms with Crippen molar-refractivity contribution in [2.45, 2.75) is 70.9 Å². The maximum absolute atomic E-state index is 10.4. The Morgan fingerprint density at radius 2 is 1.91 bits per heavy atom. The number of halogens is 1. The number of aliphatic hydroxyl groups is 1. The summed E-state index contributed by atoms with van der Waals surface area (Å²) in [5.74, 6) is 1.24. The first-order chi connectivity index (χ1) is 10.6. The standard InChI is InChI=1S/C19H31NO2.ClH/c1-14-13-17(10-11-18(14)21)19(22)15(2)20-12-6-9-16-7-4-3-5-8-16;/h10-11,13,15-16,19-22H,3-9,12H2,1-2H3;1H. The Hall–Kier alpha value is -0.770. The van der Waals surface area contributed by atoms with Gasteiger partial charge in [0.25, 0.3) is 0 Å². The van der Waals surface area contributed by atoms with Gasteiger partial charge in [0.1, 0.15) is 17.9 Å². The van der Waals surface area contributed by atoms with Gasteiger partial charge >= 0.3 is 0 Å². The van der Waals surface area contributed by atoms with Gasteiger partial charge in [-0.05, 0) is 55.9 Å². The summed E-state index contributed by atoms with van der Waals surface area (Å²) < 4.78 is 0. The van der Waals surface area contributed by atoms with Crippen LogP contribution < -0.4 is 17.7 Å². The Morgan fingerprint density at radius 3 is 2.57 bits per heavy atom. The van der Waals surface area contributed by atoms with E-state index in [0.717, 1.165) is 23.6 Å². The van der Waals surface area contributed by atoms with Gasteiger partial charge in [-0.1, -0.05) is 38.2 Å². The van der Waals surface area contributed by atoms with Crippen LogP contribution in [-0.4, -0.2) is 22.8 Å². The van der Waals surface area contributed by atoms with Gasteiger partial charge in [0.05, 0.1) is 6.54 Å². The molecule has 0 radical (unpaired) electrons. The van der Waals surface area contributed by atoms with Crippen LogP contribution in [0.15, 0.2) is 18.2 Å². The lowest BCUT2D eigenvalue weighted by Crippen LogP contribution is -3.00. The first-order valence-corrected chi connectivity index (χ1v) is 8.89. The first kappa shape index (κ1) is 20.3. The molecule has 0 aromatic heterocycles. The maximum Gasteiger partial charge on any atom is 0.130 e. The van der Waals surface area contributed by atoms with Crippen LogP contribution in [0.4, 0.5) is 0 Å². The van der Waals surface area contributed by atoms with Crippen LogP contribution >= 0.6 is 0 Å². The molecule has 0 bridgehead atoms. The van der Waals surface area contributed by atoms with Gasteiger partial charge in [-0.15, -0.1) is 0 Å². The monoisotopic (exact) mass is 341 g/mol. The molecule has 0 saturated heterocycles. The van der Waals surface area contributed by atoms with Gasteiger partial charge in [0.15, 0.2) is 0 Å². The van der Waals surface area contributed by atoms with Crippen LogP contribution in [-0.2, 0) is 0 Å². The third-order valence-corrected chi connectivity index (χ3v) is 5.14. The minimum Gasteiger partial charge on any atom is -1.00 e. The minimum absolute atomic E-state index is 0. The fraction of sp³-hybridized carbons (Fsp3) is 0.684. The van der Waals surface area contributed by atoms with Crippen molar-refractivity contribution in [2.75, 3.05) is 6.54 Å². The molecule has 4 heteroatoms. The van der Waals surface area contributed by atoms with Crippen LogP contribution in [0.25, 0.3) is 0 Å². The summed E-state index contributed by atoms with van der Waals surface area (Å²) in [5.41, 5.74) is 1.72. The van der Waals surface area contributed by atoms with E-state index in [-0.39, 0.29) is 18.4 Å². The molecule has 132 valence electrons. The van der Waals surface area contributed by atoms with E-state index in [4.69, 9.17) is 0 Å². The smallest absolute Gasteiger partial charge is 0.130 e. The Morgan fingerprint density at radius 1 is 1.22 bits per heavy atom. The molecule has 2 rings (SSSR count). The minimum atomic E-state index is -0.478. The molecule has 1 saturated carbocycles. The zero-order valence-electron chi connectivity index (χ0n) is 14.5. The van der Waals surface area contributed by atoms with Crippen molar-refractivity contribution in [1.82, 2.24) is 0 Å². The lowest BCUT2D eigenvalue weighted by molar-refractivity contribution is -0.694. The van der Waals surface area contributed by atoms with Crippen LogP contribution in [0.1, 0.15) is 69.1 Å². The molecule has 0 amide bonds. The molecule has 0 aliphatic heterocycles. The van der Waals surface area contributed by atoms with E-state index in [2.05, 4.69) is 12.2 Å². The van der Waals surface area contributed by atoms with Crippen LogP contribution in [0.3, 0.4) is 0 Å². The van der Waals surface area contributed by atoms with E-state index in [1.807, 2.05) is 19.1 Å². The third kappa shape index (κ3) is 6.33. The number of quaternary nitrogens is 1. The van der Waals surface area contributed by atoms with Crippen molar-refractivity contribution in [1.29, 1.82) is 0 Å². The molecule has 0 spiro atoms. The summed E-state index contributed by atoms with van der Waals surface area (Å²) in [5, 5.41) is 22.3. The number of rotatable bonds is 7. The summed E-state index contributed by atoms with van der Waals surface area (Å²) >= 11 is 0. The third-order valence-electron chi connectivity index (χ3n) is 5.14. The highest BCUT2D eigenvalue weighted by Gasteiger charge is 2.20. The lowest BCUT2D eigenvalue weighted by atomic mass is 9.86. The molecule has 3 nitrogen and oxygen atoms in total. The summed E-state index contributed by atoms with van der Waals surface area (Å²) in [7, 11) is 0. The highest BCUT2D eigenvalue weighted by molar-refractivity contribution is 5.36. The highest BCUT2D eigenvalue weighted by atomic mass is 35.5. The number of phenolic OH excluding ortho intramolecular Hbond substituents is 1. The number of aromatic hydroxyl groups is 1. The van der Waals surface area contributed by atoms with Gasteiger partial charge in [-0.25, -0.2) is 0 Å². The van der Waals surface area contributed by atoms with Crippen LogP contribution in [0.5, 0.6) is 5.75 Å². The molecule has 23 heavy (non-hydrogen) atoms. The van der Waals surface area contributed by atoms with E-state index >= 15 is 0 Å². The quantitative estimate of drug-likeness (QED) is 0.614. The zero-order valence-corrected chi connectivity index (χ0v) is 15.2. The van der Waals surface area contributed by atoms with Gasteiger partial charge in [0.2, 0.25) is 0 Å². The molecule has 1 aromatic rings. The van der Waals surface area contributed by atoms with Gasteiger partial charge in [-0.3, -0.25) is 0 Å². The lowest BCUT2D eigenvalue weighted by Gasteiger charge is -2.22. The van der Waals surface area contributed by atoms with Crippen molar-refractivity contribution >= 4 is 0 Å². The van der Waals surface area contributed by atoms with Crippen molar-refractivity contribution in [3.63, 3.8) is 0 Å². The number of nitrogens with two attached hydrogens (primary N) is 1. The first-order valence-electron chi connectivity index (χ1n) is 8.89. The zero-order chi connectivity index (χ0) is 15.9. The van der Waals surface area contributed by atoms with Crippen molar-refractivity contribution < 1.29 is 27.9 Å². The number of hydrogen-bond donors (Lipinski definition) is 3. The van der Waals surface area contributed by atoms with E-state index < -0.39 is 6.10 Å². The van der Waals surface area contributed by atoms with Gasteiger partial charge < -0.3 is 27.9 Å². The second-order valence-corrected chi connectivity index (χ2v) is 7.02. The average Bonchev–Trinajstić information content (AvgIpc) is 2.54. The Labute approximate surface area is 146 Å². The van der Waals surface area contributed by atoms with E-state index in [1.165, 1.54) is 44.9 Å². The predicted molar refractivity (Wildman–Crippen MR) is 89.9 cm³/mol. The molecule has 4 N–H and O–H groups in total. The fourth-order valence-electron chi connectivity index (χ4n) is 3.56. The van der Waals surface area contributed by atoms with Crippen LogP contribution in [0, 0.1) is 12.8 Å².